The summed E-state index contributed by atoms with van der Waals surface area (Å²) < 4.78 is 12.5. The third-order valence-electron chi connectivity index (χ3n) is 6.05. The summed E-state index contributed by atoms with van der Waals surface area (Å²) in [6.07, 6.45) is 3.42. The van der Waals surface area contributed by atoms with Crippen molar-refractivity contribution in [2.45, 2.75) is 51.7 Å². The van der Waals surface area contributed by atoms with Crippen LogP contribution in [0.1, 0.15) is 40.5 Å². The van der Waals surface area contributed by atoms with E-state index in [1.54, 1.807) is 0 Å². The predicted molar refractivity (Wildman–Crippen MR) is 126 cm³/mol. The van der Waals surface area contributed by atoms with Gasteiger partial charge in [-0.25, -0.2) is 0 Å². The van der Waals surface area contributed by atoms with Crippen LogP contribution in [0, 0.1) is 11.8 Å². The normalized spacial score (nSPS) is 19.7. The molecule has 2 aromatic rings. The minimum Gasteiger partial charge on any atom is -0.466 e. The van der Waals surface area contributed by atoms with Crippen molar-refractivity contribution in [3.05, 3.63) is 73.3 Å². The van der Waals surface area contributed by atoms with Gasteiger partial charge in [-0.2, -0.15) is 0 Å². The average molecular weight is 423 g/mol. The van der Waals surface area contributed by atoms with E-state index in [4.69, 9.17) is 9.16 Å². The summed E-state index contributed by atoms with van der Waals surface area (Å²) in [7, 11) is -2.66. The van der Waals surface area contributed by atoms with Gasteiger partial charge >= 0.3 is 5.97 Å². The van der Waals surface area contributed by atoms with Crippen molar-refractivity contribution in [2.75, 3.05) is 6.61 Å². The Morgan fingerprint density at radius 1 is 1.10 bits per heavy atom. The molecule has 0 N–H and O–H groups in total. The summed E-state index contributed by atoms with van der Waals surface area (Å²) in [6, 6.07) is 21.3. The maximum atomic E-state index is 12.3. The SMILES string of the molecule is C=CCC(O[Si](c1ccccc1)(c1ccccc1)C(C)(C)C)[C@@H]1C[C@H]1C(=O)OCC. The van der Waals surface area contributed by atoms with Gasteiger partial charge in [-0.1, -0.05) is 87.5 Å². The highest BCUT2D eigenvalue weighted by Crippen LogP contribution is 2.47. The molecule has 3 atom stereocenters. The quantitative estimate of drug-likeness (QED) is 0.334. The van der Waals surface area contributed by atoms with Gasteiger partial charge in [0.15, 0.2) is 0 Å². The van der Waals surface area contributed by atoms with Crippen LogP contribution >= 0.6 is 0 Å². The lowest BCUT2D eigenvalue weighted by Gasteiger charge is -2.45. The summed E-state index contributed by atoms with van der Waals surface area (Å²) in [5.74, 6) is 0.0272. The van der Waals surface area contributed by atoms with Gasteiger partial charge in [-0.05, 0) is 41.1 Å². The third kappa shape index (κ3) is 4.45. The smallest absolute Gasteiger partial charge is 0.309 e. The molecule has 1 fully saturated rings. The van der Waals surface area contributed by atoms with Crippen LogP contribution in [-0.2, 0) is 14.0 Å². The second kappa shape index (κ2) is 9.32. The van der Waals surface area contributed by atoms with Crippen LogP contribution in [0.5, 0.6) is 0 Å². The van der Waals surface area contributed by atoms with Gasteiger partial charge in [-0.3, -0.25) is 4.79 Å². The molecule has 1 aliphatic carbocycles. The van der Waals surface area contributed by atoms with E-state index in [-0.39, 0.29) is 28.9 Å². The van der Waals surface area contributed by atoms with Gasteiger partial charge in [0, 0.05) is 0 Å². The summed E-state index contributed by atoms with van der Waals surface area (Å²) in [5, 5.41) is 2.42. The highest BCUT2D eigenvalue weighted by atomic mass is 28.4. The zero-order valence-corrected chi connectivity index (χ0v) is 19.6. The maximum Gasteiger partial charge on any atom is 0.309 e. The van der Waals surface area contributed by atoms with Crippen LogP contribution in [-0.4, -0.2) is 27.0 Å². The van der Waals surface area contributed by atoms with E-state index in [1.165, 1.54) is 10.4 Å². The molecular formula is C26H34O3Si. The Hall–Kier alpha value is -2.17. The first kappa shape index (κ1) is 22.5. The van der Waals surface area contributed by atoms with Crippen molar-refractivity contribution in [3.63, 3.8) is 0 Å². The van der Waals surface area contributed by atoms with Crippen molar-refractivity contribution >= 4 is 24.7 Å². The van der Waals surface area contributed by atoms with Gasteiger partial charge in [0.25, 0.3) is 8.32 Å². The molecule has 3 nitrogen and oxygen atoms in total. The fourth-order valence-corrected chi connectivity index (χ4v) is 9.28. The first-order valence-electron chi connectivity index (χ1n) is 10.9. The van der Waals surface area contributed by atoms with E-state index in [1.807, 2.05) is 13.0 Å². The first-order chi connectivity index (χ1) is 14.3. The zero-order chi connectivity index (χ0) is 21.8. The molecule has 0 bridgehead atoms. The topological polar surface area (TPSA) is 35.5 Å². The minimum absolute atomic E-state index is 0.0526. The third-order valence-corrected chi connectivity index (χ3v) is 11.1. The van der Waals surface area contributed by atoms with Crippen LogP contribution < -0.4 is 10.4 Å². The Balaban J connectivity index is 2.06. The molecule has 1 unspecified atom stereocenters. The van der Waals surface area contributed by atoms with Gasteiger partial charge in [0.2, 0.25) is 0 Å². The summed E-state index contributed by atoms with van der Waals surface area (Å²) in [4.78, 5) is 12.3. The standard InChI is InChI=1S/C26H34O3Si/c1-6-14-24(22-19-23(22)25(27)28-7-2)29-30(26(3,4)5,20-15-10-8-11-16-20)21-17-12-9-13-18-21/h6,8-13,15-18,22-24H,1,7,14,19H2,2-5H3/t22-,23-,24?/m1/s1. The molecule has 0 spiro atoms. The van der Waals surface area contributed by atoms with E-state index in [0.29, 0.717) is 6.61 Å². The fraction of sp³-hybridized carbons (Fsp3) is 0.423. The second-order valence-electron chi connectivity index (χ2n) is 9.10. The molecular weight excluding hydrogens is 388 g/mol. The molecule has 0 radical (unpaired) electrons. The van der Waals surface area contributed by atoms with Crippen molar-refractivity contribution in [1.82, 2.24) is 0 Å². The summed E-state index contributed by atoms with van der Waals surface area (Å²) in [5.41, 5.74) is 0. The number of esters is 1. The van der Waals surface area contributed by atoms with Gasteiger partial charge in [0.1, 0.15) is 0 Å². The Kier molecular flexibility index (Phi) is 6.99. The van der Waals surface area contributed by atoms with Gasteiger partial charge in [-0.15, -0.1) is 6.58 Å². The monoisotopic (exact) mass is 422 g/mol. The molecule has 1 saturated carbocycles. The fourth-order valence-electron chi connectivity index (χ4n) is 4.54. The number of benzene rings is 2. The number of hydrogen-bond acceptors (Lipinski definition) is 3. The largest absolute Gasteiger partial charge is 0.466 e. The first-order valence-corrected chi connectivity index (χ1v) is 12.8. The Labute approximate surface area is 182 Å². The molecule has 0 saturated heterocycles. The lowest BCUT2D eigenvalue weighted by Crippen LogP contribution is -2.67. The maximum absolute atomic E-state index is 12.3. The van der Waals surface area contributed by atoms with E-state index in [0.717, 1.165) is 12.8 Å². The highest BCUT2D eigenvalue weighted by molar-refractivity contribution is 6.99. The predicted octanol–water partition coefficient (Wildman–Crippen LogP) is 4.71. The average Bonchev–Trinajstić information content (AvgIpc) is 3.53. The van der Waals surface area contributed by atoms with Gasteiger partial charge < -0.3 is 9.16 Å². The number of hydrogen-bond donors (Lipinski definition) is 0. The Bertz CT molecular complexity index is 802. The Morgan fingerprint density at radius 2 is 1.63 bits per heavy atom. The lowest BCUT2D eigenvalue weighted by atomic mass is 10.1. The second-order valence-corrected chi connectivity index (χ2v) is 13.4. The van der Waals surface area contributed by atoms with E-state index in [2.05, 4.69) is 88.0 Å². The number of carbonyl (C=O) groups is 1. The number of ether oxygens (including phenoxy) is 1. The zero-order valence-electron chi connectivity index (χ0n) is 18.6. The van der Waals surface area contributed by atoms with Crippen LogP contribution in [0.15, 0.2) is 73.3 Å². The summed E-state index contributed by atoms with van der Waals surface area (Å²) in [6.45, 7) is 13.1. The Morgan fingerprint density at radius 3 is 2.07 bits per heavy atom. The molecule has 0 heterocycles. The molecule has 2 aromatic carbocycles. The molecule has 4 heteroatoms. The number of carbonyl (C=O) groups excluding carboxylic acids is 1. The molecule has 0 aliphatic heterocycles. The van der Waals surface area contributed by atoms with Crippen LogP contribution in [0.2, 0.25) is 5.04 Å². The molecule has 30 heavy (non-hydrogen) atoms. The van der Waals surface area contributed by atoms with Crippen molar-refractivity contribution in [1.29, 1.82) is 0 Å². The summed E-state index contributed by atoms with van der Waals surface area (Å²) >= 11 is 0. The van der Waals surface area contributed by atoms with Crippen molar-refractivity contribution < 1.29 is 14.0 Å². The minimum atomic E-state index is -2.66. The number of rotatable bonds is 9. The van der Waals surface area contributed by atoms with Crippen LogP contribution in [0.4, 0.5) is 0 Å². The van der Waals surface area contributed by atoms with E-state index >= 15 is 0 Å². The van der Waals surface area contributed by atoms with E-state index in [9.17, 15) is 4.79 Å². The highest BCUT2D eigenvalue weighted by Gasteiger charge is 2.56. The molecule has 0 amide bonds. The van der Waals surface area contributed by atoms with Crippen LogP contribution in [0.25, 0.3) is 0 Å². The van der Waals surface area contributed by atoms with Crippen molar-refractivity contribution in [3.8, 4) is 0 Å². The molecule has 1 aliphatic rings. The van der Waals surface area contributed by atoms with Crippen molar-refractivity contribution in [2.24, 2.45) is 11.8 Å². The molecule has 160 valence electrons. The lowest BCUT2D eigenvalue weighted by molar-refractivity contribution is -0.145. The van der Waals surface area contributed by atoms with Gasteiger partial charge in [0.05, 0.1) is 18.6 Å². The molecule has 3 rings (SSSR count). The van der Waals surface area contributed by atoms with E-state index < -0.39 is 8.32 Å². The molecule has 0 aromatic heterocycles. The van der Waals surface area contributed by atoms with Crippen LogP contribution in [0.3, 0.4) is 0 Å².